The number of carboxylic acid groups (broad SMARTS) is 1. The van der Waals surface area contributed by atoms with E-state index in [2.05, 4.69) is 0 Å². The highest BCUT2D eigenvalue weighted by Gasteiger charge is 2.34. The predicted molar refractivity (Wildman–Crippen MR) is 43.8 cm³/mol. The largest absolute Gasteiger partial charge is 0.479 e. The van der Waals surface area contributed by atoms with Gasteiger partial charge in [-0.3, -0.25) is 0 Å². The van der Waals surface area contributed by atoms with Gasteiger partial charge in [-0.05, 0) is 6.42 Å². The van der Waals surface area contributed by atoms with Crippen LogP contribution < -0.4 is 0 Å². The third-order valence-electron chi connectivity index (χ3n) is 1.87. The van der Waals surface area contributed by atoms with Gasteiger partial charge in [-0.15, -0.1) is 0 Å². The standard InChI is InChI=1S/C8H16O4/c1-2-3-4-8(12,5-6-9)7(10)11/h9,12H,2-6H2,1H3,(H,10,11)/t8-/m1/s1. The number of rotatable bonds is 6. The number of hydrogen-bond donors (Lipinski definition) is 3. The quantitative estimate of drug-likeness (QED) is 0.546. The van der Waals surface area contributed by atoms with E-state index in [9.17, 15) is 9.90 Å². The van der Waals surface area contributed by atoms with E-state index in [1.807, 2.05) is 6.92 Å². The van der Waals surface area contributed by atoms with Crippen molar-refractivity contribution in [1.29, 1.82) is 0 Å². The second-order valence-corrected chi connectivity index (χ2v) is 2.91. The molecule has 0 radical (unpaired) electrons. The number of aliphatic hydroxyl groups excluding tert-OH is 1. The lowest BCUT2D eigenvalue weighted by atomic mass is 9.94. The van der Waals surface area contributed by atoms with Gasteiger partial charge in [-0.2, -0.15) is 0 Å². The molecule has 0 aromatic heterocycles. The van der Waals surface area contributed by atoms with E-state index in [1.165, 1.54) is 0 Å². The average Bonchev–Trinajstić information content (AvgIpc) is 2.01. The summed E-state index contributed by atoms with van der Waals surface area (Å²) >= 11 is 0. The van der Waals surface area contributed by atoms with Crippen LogP contribution in [0.5, 0.6) is 0 Å². The first-order valence-corrected chi connectivity index (χ1v) is 4.13. The zero-order valence-electron chi connectivity index (χ0n) is 7.29. The zero-order valence-corrected chi connectivity index (χ0v) is 7.29. The smallest absolute Gasteiger partial charge is 0.335 e. The van der Waals surface area contributed by atoms with Gasteiger partial charge in [0.2, 0.25) is 0 Å². The summed E-state index contributed by atoms with van der Waals surface area (Å²) in [7, 11) is 0. The summed E-state index contributed by atoms with van der Waals surface area (Å²) in [5.74, 6) is -1.25. The summed E-state index contributed by atoms with van der Waals surface area (Å²) in [6.45, 7) is 1.62. The number of aliphatic hydroxyl groups is 2. The minimum atomic E-state index is -1.73. The van der Waals surface area contributed by atoms with Gasteiger partial charge in [0, 0.05) is 13.0 Å². The Kier molecular flexibility index (Phi) is 4.85. The molecule has 0 aromatic rings. The first kappa shape index (κ1) is 11.4. The molecule has 0 unspecified atom stereocenters. The molecule has 3 N–H and O–H groups in total. The van der Waals surface area contributed by atoms with Crippen molar-refractivity contribution in [2.24, 2.45) is 0 Å². The molecular weight excluding hydrogens is 160 g/mol. The Labute approximate surface area is 71.8 Å². The highest BCUT2D eigenvalue weighted by molar-refractivity contribution is 5.76. The first-order chi connectivity index (χ1) is 5.56. The Morgan fingerprint density at radius 1 is 1.42 bits per heavy atom. The SMILES string of the molecule is CCCC[C@@](O)(CCO)C(=O)O. The molecule has 72 valence electrons. The molecule has 0 aliphatic carbocycles. The maximum absolute atomic E-state index is 10.6. The molecule has 0 rings (SSSR count). The molecule has 12 heavy (non-hydrogen) atoms. The van der Waals surface area contributed by atoms with Gasteiger partial charge >= 0.3 is 5.97 Å². The summed E-state index contributed by atoms with van der Waals surface area (Å²) in [5.41, 5.74) is -1.73. The fourth-order valence-electron chi connectivity index (χ4n) is 0.993. The lowest BCUT2D eigenvalue weighted by Crippen LogP contribution is -2.39. The molecule has 4 nitrogen and oxygen atoms in total. The summed E-state index contributed by atoms with van der Waals surface area (Å²) in [5, 5.41) is 26.6. The Hall–Kier alpha value is -0.610. The number of aliphatic carboxylic acids is 1. The van der Waals surface area contributed by atoms with Crippen molar-refractivity contribution in [3.8, 4) is 0 Å². The first-order valence-electron chi connectivity index (χ1n) is 4.13. The molecule has 1 atom stereocenters. The van der Waals surface area contributed by atoms with Gasteiger partial charge in [0.05, 0.1) is 0 Å². The van der Waals surface area contributed by atoms with Crippen LogP contribution in [0.1, 0.15) is 32.6 Å². The van der Waals surface area contributed by atoms with Crippen LogP contribution in [0.2, 0.25) is 0 Å². The summed E-state index contributed by atoms with van der Waals surface area (Å²) in [6, 6.07) is 0. The lowest BCUT2D eigenvalue weighted by Gasteiger charge is -2.21. The zero-order chi connectivity index (χ0) is 9.61. The molecule has 0 saturated carbocycles. The van der Waals surface area contributed by atoms with Crippen LogP contribution in [0.15, 0.2) is 0 Å². The van der Waals surface area contributed by atoms with Crippen LogP contribution in [0.4, 0.5) is 0 Å². The van der Waals surface area contributed by atoms with E-state index in [0.717, 1.165) is 6.42 Å². The van der Waals surface area contributed by atoms with E-state index in [4.69, 9.17) is 10.2 Å². The molecule has 0 spiro atoms. The van der Waals surface area contributed by atoms with E-state index >= 15 is 0 Å². The molecule has 0 heterocycles. The van der Waals surface area contributed by atoms with E-state index in [1.54, 1.807) is 0 Å². The number of carbonyl (C=O) groups is 1. The van der Waals surface area contributed by atoms with Crippen molar-refractivity contribution in [2.75, 3.05) is 6.61 Å². The van der Waals surface area contributed by atoms with Crippen molar-refractivity contribution in [3.05, 3.63) is 0 Å². The van der Waals surface area contributed by atoms with Crippen LogP contribution in [0.3, 0.4) is 0 Å². The van der Waals surface area contributed by atoms with Crippen molar-refractivity contribution in [3.63, 3.8) is 0 Å². The van der Waals surface area contributed by atoms with Gasteiger partial charge in [0.25, 0.3) is 0 Å². The molecule has 0 amide bonds. The Morgan fingerprint density at radius 2 is 2.00 bits per heavy atom. The summed E-state index contributed by atoms with van der Waals surface area (Å²) < 4.78 is 0. The molecular formula is C8H16O4. The molecule has 0 aliphatic rings. The third-order valence-corrected chi connectivity index (χ3v) is 1.87. The third kappa shape index (κ3) is 3.19. The molecule has 0 bridgehead atoms. The van der Waals surface area contributed by atoms with Crippen molar-refractivity contribution in [1.82, 2.24) is 0 Å². The second-order valence-electron chi connectivity index (χ2n) is 2.91. The highest BCUT2D eigenvalue weighted by Crippen LogP contribution is 2.18. The van der Waals surface area contributed by atoms with E-state index < -0.39 is 11.6 Å². The van der Waals surface area contributed by atoms with Gasteiger partial charge in [-0.25, -0.2) is 4.79 Å². The van der Waals surface area contributed by atoms with Crippen LogP contribution >= 0.6 is 0 Å². The second kappa shape index (κ2) is 5.11. The number of unbranched alkanes of at least 4 members (excludes halogenated alkanes) is 1. The Morgan fingerprint density at radius 3 is 2.33 bits per heavy atom. The summed E-state index contributed by atoms with van der Waals surface area (Å²) in [4.78, 5) is 10.6. The highest BCUT2D eigenvalue weighted by atomic mass is 16.4. The van der Waals surface area contributed by atoms with Gasteiger partial charge in [-0.1, -0.05) is 19.8 Å². The molecule has 0 aromatic carbocycles. The molecule has 0 saturated heterocycles. The summed E-state index contributed by atoms with van der Waals surface area (Å²) in [6.07, 6.45) is 1.60. The van der Waals surface area contributed by atoms with Crippen LogP contribution in [-0.2, 0) is 4.79 Å². The monoisotopic (exact) mass is 176 g/mol. The molecule has 4 heteroatoms. The van der Waals surface area contributed by atoms with Crippen molar-refractivity contribution in [2.45, 2.75) is 38.2 Å². The molecule has 0 aliphatic heterocycles. The fourth-order valence-corrected chi connectivity index (χ4v) is 0.993. The van der Waals surface area contributed by atoms with Crippen LogP contribution in [0, 0.1) is 0 Å². The van der Waals surface area contributed by atoms with Crippen molar-refractivity contribution >= 4 is 5.97 Å². The normalized spacial score (nSPS) is 15.6. The average molecular weight is 176 g/mol. The van der Waals surface area contributed by atoms with Gasteiger partial charge in [0.15, 0.2) is 5.60 Å². The van der Waals surface area contributed by atoms with E-state index in [0.29, 0.717) is 6.42 Å². The maximum atomic E-state index is 10.6. The fraction of sp³-hybridized carbons (Fsp3) is 0.875. The van der Waals surface area contributed by atoms with Gasteiger partial charge < -0.3 is 15.3 Å². The van der Waals surface area contributed by atoms with Crippen molar-refractivity contribution < 1.29 is 20.1 Å². The van der Waals surface area contributed by atoms with Crippen LogP contribution in [0.25, 0.3) is 0 Å². The lowest BCUT2D eigenvalue weighted by molar-refractivity contribution is -0.161. The molecule has 0 fully saturated rings. The minimum Gasteiger partial charge on any atom is -0.479 e. The van der Waals surface area contributed by atoms with Crippen LogP contribution in [-0.4, -0.2) is 33.5 Å². The maximum Gasteiger partial charge on any atom is 0.335 e. The Bertz CT molecular complexity index is 146. The predicted octanol–water partition coefficient (Wildman–Crippen LogP) is 0.375. The topological polar surface area (TPSA) is 77.8 Å². The number of hydrogen-bond acceptors (Lipinski definition) is 3. The minimum absolute atomic E-state index is 0.0949. The number of carboxylic acids is 1. The van der Waals surface area contributed by atoms with E-state index in [-0.39, 0.29) is 19.4 Å². The Balaban J connectivity index is 4.08. The van der Waals surface area contributed by atoms with Gasteiger partial charge in [0.1, 0.15) is 0 Å².